The Labute approximate surface area is 234 Å². The largest absolute Gasteiger partial charge is 0.489 e. The zero-order chi connectivity index (χ0) is 28.7. The first-order valence-electron chi connectivity index (χ1n) is 13.1. The van der Waals surface area contributed by atoms with E-state index in [9.17, 15) is 18.0 Å². The average molecular weight is 567 g/mol. The zero-order valence-corrected chi connectivity index (χ0v) is 23.4. The van der Waals surface area contributed by atoms with Gasteiger partial charge in [-0.1, -0.05) is 31.2 Å². The fourth-order valence-electron chi connectivity index (χ4n) is 4.71. The molecule has 1 aliphatic heterocycles. The third-order valence-electron chi connectivity index (χ3n) is 6.85. The van der Waals surface area contributed by atoms with E-state index in [1.807, 2.05) is 41.1 Å². The Hall–Kier alpha value is -4.12. The summed E-state index contributed by atoms with van der Waals surface area (Å²) in [4.78, 5) is 29.8. The van der Waals surface area contributed by atoms with Crippen molar-refractivity contribution < 1.29 is 27.5 Å². The number of primary amides is 1. The lowest BCUT2D eigenvalue weighted by Crippen LogP contribution is -2.49. The van der Waals surface area contributed by atoms with Gasteiger partial charge in [-0.2, -0.15) is 0 Å². The predicted octanol–water partition coefficient (Wildman–Crippen LogP) is 3.97. The highest BCUT2D eigenvalue weighted by Crippen LogP contribution is 2.27. The molecular formula is C29H34N4O6S. The summed E-state index contributed by atoms with van der Waals surface area (Å²) in [6.45, 7) is 3.54. The molecule has 2 aromatic carbocycles. The number of carbonyl (C=O) groups is 2. The van der Waals surface area contributed by atoms with Gasteiger partial charge in [-0.3, -0.25) is 4.79 Å². The maximum atomic E-state index is 12.0. The quantitative estimate of drug-likeness (QED) is 0.378. The fourth-order valence-corrected chi connectivity index (χ4v) is 5.17. The number of aromatic nitrogens is 1. The minimum atomic E-state index is -3.62. The molecule has 3 N–H and O–H groups in total. The van der Waals surface area contributed by atoms with Crippen LogP contribution in [-0.4, -0.2) is 55.7 Å². The van der Waals surface area contributed by atoms with Crippen LogP contribution >= 0.6 is 0 Å². The van der Waals surface area contributed by atoms with E-state index in [4.69, 9.17) is 15.2 Å². The van der Waals surface area contributed by atoms with Crippen LogP contribution in [0.3, 0.4) is 0 Å². The molecule has 0 aliphatic carbocycles. The van der Waals surface area contributed by atoms with Crippen molar-refractivity contribution in [2.75, 3.05) is 19.4 Å². The molecule has 1 saturated heterocycles. The van der Waals surface area contributed by atoms with E-state index >= 15 is 0 Å². The Morgan fingerprint density at radius 1 is 1.07 bits per heavy atom. The van der Waals surface area contributed by atoms with Gasteiger partial charge in [-0.05, 0) is 66.6 Å². The smallest absolute Gasteiger partial charge is 0.315 e. The van der Waals surface area contributed by atoms with Gasteiger partial charge >= 0.3 is 6.03 Å². The lowest BCUT2D eigenvalue weighted by molar-refractivity contribution is 0.0981. The van der Waals surface area contributed by atoms with Gasteiger partial charge in [-0.25, -0.2) is 22.9 Å². The molecular weight excluding hydrogens is 532 g/mol. The van der Waals surface area contributed by atoms with Crippen LogP contribution in [0.4, 0.5) is 4.79 Å². The van der Waals surface area contributed by atoms with Gasteiger partial charge in [0.2, 0.25) is 15.9 Å². The molecule has 0 spiro atoms. The minimum Gasteiger partial charge on any atom is -0.489 e. The second-order valence-corrected chi connectivity index (χ2v) is 11.6. The SMILES string of the molecule is CCC1CC(COc2ccc(-c3cccc(OCc4ccc(C(=O)NS(C)(=O)=O)cc4)c3)cn2)CCN1C(N)=O. The number of urea groups is 1. The van der Waals surface area contributed by atoms with Gasteiger partial charge in [-0.15, -0.1) is 0 Å². The molecule has 2 unspecified atom stereocenters. The maximum Gasteiger partial charge on any atom is 0.315 e. The summed E-state index contributed by atoms with van der Waals surface area (Å²) in [5.41, 5.74) is 8.43. The molecule has 11 heteroatoms. The Balaban J connectivity index is 1.30. The molecule has 10 nitrogen and oxygen atoms in total. The number of pyridine rings is 1. The minimum absolute atomic E-state index is 0.150. The third-order valence-corrected chi connectivity index (χ3v) is 7.41. The monoisotopic (exact) mass is 566 g/mol. The lowest BCUT2D eigenvalue weighted by Gasteiger charge is -2.37. The standard InChI is InChI=1S/C29H34N4O6S/c1-3-25-15-21(13-14-33(25)29(30)35)19-39-27-12-11-24(17-31-27)23-5-4-6-26(16-23)38-18-20-7-9-22(10-8-20)28(34)32-40(2,36)37/h4-12,16-17,21,25H,3,13-15,18-19H2,1-2H3,(H2,30,35)(H,32,34). The topological polar surface area (TPSA) is 141 Å². The van der Waals surface area contributed by atoms with Crippen LogP contribution in [0.1, 0.15) is 42.1 Å². The van der Waals surface area contributed by atoms with Gasteiger partial charge in [0.05, 0.1) is 12.9 Å². The number of hydrogen-bond acceptors (Lipinski definition) is 7. The van der Waals surface area contributed by atoms with E-state index in [0.717, 1.165) is 42.2 Å². The molecule has 0 bridgehead atoms. The highest BCUT2D eigenvalue weighted by Gasteiger charge is 2.29. The number of sulfonamides is 1. The molecule has 4 rings (SSSR count). The van der Waals surface area contributed by atoms with E-state index in [1.165, 1.54) is 0 Å². The summed E-state index contributed by atoms with van der Waals surface area (Å²) in [7, 11) is -3.62. The first-order valence-corrected chi connectivity index (χ1v) is 15.0. The van der Waals surface area contributed by atoms with Gasteiger partial charge in [0.1, 0.15) is 12.4 Å². The van der Waals surface area contributed by atoms with Crippen LogP contribution in [0.5, 0.6) is 11.6 Å². The Bertz CT molecular complexity index is 1430. The van der Waals surface area contributed by atoms with Crippen molar-refractivity contribution in [2.24, 2.45) is 11.7 Å². The van der Waals surface area contributed by atoms with Crippen molar-refractivity contribution in [3.8, 4) is 22.8 Å². The van der Waals surface area contributed by atoms with E-state index in [-0.39, 0.29) is 24.2 Å². The molecule has 2 heterocycles. The number of piperidine rings is 1. The number of benzene rings is 2. The first kappa shape index (κ1) is 28.9. The van der Waals surface area contributed by atoms with Gasteiger partial charge in [0.25, 0.3) is 5.91 Å². The van der Waals surface area contributed by atoms with E-state index in [1.54, 1.807) is 35.4 Å². The number of nitrogens with one attached hydrogen (secondary N) is 1. The van der Waals surface area contributed by atoms with E-state index in [2.05, 4.69) is 11.9 Å². The lowest BCUT2D eigenvalue weighted by atomic mass is 9.90. The Kier molecular flexibility index (Phi) is 9.26. The van der Waals surface area contributed by atoms with Crippen LogP contribution in [-0.2, 0) is 16.6 Å². The molecule has 1 aliphatic rings. The normalized spacial score (nSPS) is 17.2. The summed E-state index contributed by atoms with van der Waals surface area (Å²) >= 11 is 0. The van der Waals surface area contributed by atoms with E-state index < -0.39 is 15.9 Å². The average Bonchev–Trinajstić information content (AvgIpc) is 2.94. The third kappa shape index (κ3) is 7.95. The summed E-state index contributed by atoms with van der Waals surface area (Å²) in [6, 6.07) is 17.8. The van der Waals surface area contributed by atoms with Crippen LogP contribution < -0.4 is 19.9 Å². The van der Waals surface area contributed by atoms with Crippen LogP contribution in [0.25, 0.3) is 11.1 Å². The van der Waals surface area contributed by atoms with Gasteiger partial charge in [0, 0.05) is 36.0 Å². The summed E-state index contributed by atoms with van der Waals surface area (Å²) < 4.78 is 36.3. The van der Waals surface area contributed by atoms with Crippen molar-refractivity contribution in [3.63, 3.8) is 0 Å². The molecule has 0 saturated carbocycles. The molecule has 1 fully saturated rings. The Morgan fingerprint density at radius 3 is 2.50 bits per heavy atom. The van der Waals surface area contributed by atoms with E-state index in [0.29, 0.717) is 30.7 Å². The van der Waals surface area contributed by atoms with Crippen molar-refractivity contribution in [1.29, 1.82) is 0 Å². The van der Waals surface area contributed by atoms with Gasteiger partial charge in [0.15, 0.2) is 0 Å². The molecule has 3 amide bonds. The summed E-state index contributed by atoms with van der Waals surface area (Å²) in [6.07, 6.45) is 5.29. The first-order chi connectivity index (χ1) is 19.1. The number of nitrogens with two attached hydrogens (primary N) is 1. The second kappa shape index (κ2) is 12.8. The number of ether oxygens (including phenoxy) is 2. The predicted molar refractivity (Wildman–Crippen MR) is 151 cm³/mol. The zero-order valence-electron chi connectivity index (χ0n) is 22.6. The number of likely N-dealkylation sites (tertiary alicyclic amines) is 1. The van der Waals surface area contributed by atoms with Crippen molar-refractivity contribution in [2.45, 2.75) is 38.8 Å². The summed E-state index contributed by atoms with van der Waals surface area (Å²) in [5, 5.41) is 0. The number of carbonyl (C=O) groups excluding carboxylic acids is 2. The summed E-state index contributed by atoms with van der Waals surface area (Å²) in [5.74, 6) is 0.889. The number of rotatable bonds is 10. The molecule has 40 heavy (non-hydrogen) atoms. The van der Waals surface area contributed by atoms with Crippen LogP contribution in [0, 0.1) is 5.92 Å². The van der Waals surface area contributed by atoms with Crippen LogP contribution in [0.2, 0.25) is 0 Å². The molecule has 0 radical (unpaired) electrons. The van der Waals surface area contributed by atoms with Crippen molar-refractivity contribution >= 4 is 22.0 Å². The molecule has 212 valence electrons. The van der Waals surface area contributed by atoms with Gasteiger partial charge < -0.3 is 20.1 Å². The fraction of sp³-hybridized carbons (Fsp3) is 0.345. The maximum absolute atomic E-state index is 12.0. The molecule has 3 aromatic rings. The Morgan fingerprint density at radius 2 is 1.85 bits per heavy atom. The number of hydrogen-bond donors (Lipinski definition) is 2. The number of nitrogens with zero attached hydrogens (tertiary/aromatic N) is 2. The molecule has 2 atom stereocenters. The molecule has 1 aromatic heterocycles. The second-order valence-electron chi connectivity index (χ2n) is 9.90. The van der Waals surface area contributed by atoms with Crippen molar-refractivity contribution in [3.05, 3.63) is 78.0 Å². The highest BCUT2D eigenvalue weighted by molar-refractivity contribution is 7.89. The van der Waals surface area contributed by atoms with Crippen molar-refractivity contribution in [1.82, 2.24) is 14.6 Å². The number of amides is 3. The highest BCUT2D eigenvalue weighted by atomic mass is 32.2. The van der Waals surface area contributed by atoms with Crippen LogP contribution in [0.15, 0.2) is 66.9 Å².